The van der Waals surface area contributed by atoms with Crippen molar-refractivity contribution in [3.05, 3.63) is 215 Å². The number of aliphatic hydroxyl groups is 2. The van der Waals surface area contributed by atoms with E-state index in [9.17, 15) is 10.2 Å². The Kier molecular flexibility index (Phi) is 9.19. The van der Waals surface area contributed by atoms with E-state index < -0.39 is 11.2 Å². The van der Waals surface area contributed by atoms with Gasteiger partial charge in [-0.25, -0.2) is 0 Å². The van der Waals surface area contributed by atoms with Crippen LogP contribution >= 0.6 is 0 Å². The van der Waals surface area contributed by atoms with Crippen LogP contribution in [0.4, 0.5) is 0 Å². The fourth-order valence-corrected chi connectivity index (χ4v) is 6.02. The highest BCUT2D eigenvalue weighted by molar-refractivity contribution is 5.80. The van der Waals surface area contributed by atoms with Gasteiger partial charge in [0.15, 0.2) is 0 Å². The number of hydrogen-bond donors (Lipinski definition) is 2. The van der Waals surface area contributed by atoms with Gasteiger partial charge in [-0.15, -0.1) is 5.73 Å². The standard InChI is InChI=1S/C43H36O4/c1-46-38-27-23-36(24-28-38)42(44,34-19-11-5-12-20-34)41(31-40(32-15-7-3-8-16-32)33-17-9-4-10-18-33)43(45,35-21-13-6-14-22-35)37-25-29-39(47-2)30-26-37/h3-30,44-45H,1-2H3. The average molecular weight is 617 g/mol. The third kappa shape index (κ3) is 6.14. The van der Waals surface area contributed by atoms with Crippen molar-refractivity contribution in [2.24, 2.45) is 0 Å². The number of benzene rings is 6. The maximum Gasteiger partial charge on any atom is 0.147 e. The van der Waals surface area contributed by atoms with Gasteiger partial charge in [0.25, 0.3) is 0 Å². The molecule has 6 aromatic rings. The highest BCUT2D eigenvalue weighted by Gasteiger charge is 2.49. The Balaban J connectivity index is 1.84. The van der Waals surface area contributed by atoms with Crippen LogP contribution < -0.4 is 9.47 Å². The van der Waals surface area contributed by atoms with Crippen molar-refractivity contribution in [1.29, 1.82) is 0 Å². The molecule has 0 radical (unpaired) electrons. The van der Waals surface area contributed by atoms with E-state index in [0.29, 0.717) is 39.3 Å². The number of ether oxygens (including phenoxy) is 2. The SMILES string of the molecule is COc1ccc(C(O)(C(=C=C(c2ccccc2)c2ccccc2)C(O)(c2ccccc2)c2ccc(OC)cc2)c2ccccc2)cc1. The van der Waals surface area contributed by atoms with E-state index in [1.807, 2.05) is 170 Å². The van der Waals surface area contributed by atoms with Crippen molar-refractivity contribution < 1.29 is 19.7 Å². The van der Waals surface area contributed by atoms with Crippen LogP contribution in [0, 0.1) is 0 Å². The van der Waals surface area contributed by atoms with Crippen molar-refractivity contribution in [3.63, 3.8) is 0 Å². The molecule has 2 N–H and O–H groups in total. The normalized spacial score (nSPS) is 13.4. The lowest BCUT2D eigenvalue weighted by Crippen LogP contribution is -2.42. The second kappa shape index (κ2) is 13.8. The first-order chi connectivity index (χ1) is 23.0. The Labute approximate surface area is 276 Å². The summed E-state index contributed by atoms with van der Waals surface area (Å²) in [6.45, 7) is 0. The molecule has 0 saturated heterocycles. The van der Waals surface area contributed by atoms with Crippen molar-refractivity contribution in [2.45, 2.75) is 11.2 Å². The molecule has 6 aromatic carbocycles. The Bertz CT molecular complexity index is 1820. The van der Waals surface area contributed by atoms with Crippen molar-refractivity contribution >= 4 is 5.57 Å². The van der Waals surface area contributed by atoms with Gasteiger partial charge in [-0.3, -0.25) is 0 Å². The predicted octanol–water partition coefficient (Wildman–Crippen LogP) is 8.53. The van der Waals surface area contributed by atoms with Gasteiger partial charge in [0.05, 0.1) is 19.8 Å². The van der Waals surface area contributed by atoms with E-state index >= 15 is 0 Å². The highest BCUT2D eigenvalue weighted by Crippen LogP contribution is 2.49. The molecule has 0 bridgehead atoms. The molecule has 2 atom stereocenters. The lowest BCUT2D eigenvalue weighted by Gasteiger charge is -2.41. The molecule has 4 nitrogen and oxygen atoms in total. The molecule has 0 saturated carbocycles. The summed E-state index contributed by atoms with van der Waals surface area (Å²) in [5.41, 5.74) is 4.83. The van der Waals surface area contributed by atoms with Gasteiger partial charge in [0.2, 0.25) is 0 Å². The quantitative estimate of drug-likeness (QED) is 0.152. The third-order valence-electron chi connectivity index (χ3n) is 8.50. The van der Waals surface area contributed by atoms with Crippen molar-refractivity contribution in [1.82, 2.24) is 0 Å². The van der Waals surface area contributed by atoms with Gasteiger partial charge in [-0.1, -0.05) is 146 Å². The summed E-state index contributed by atoms with van der Waals surface area (Å²) >= 11 is 0. The zero-order valence-electron chi connectivity index (χ0n) is 26.4. The van der Waals surface area contributed by atoms with Crippen LogP contribution in [0.5, 0.6) is 11.5 Å². The fraction of sp³-hybridized carbons (Fsp3) is 0.0930. The van der Waals surface area contributed by atoms with Crippen LogP contribution in [0.2, 0.25) is 0 Å². The van der Waals surface area contributed by atoms with Crippen LogP contribution in [0.3, 0.4) is 0 Å². The van der Waals surface area contributed by atoms with E-state index in [1.54, 1.807) is 14.2 Å². The average Bonchev–Trinajstić information content (AvgIpc) is 3.16. The molecule has 47 heavy (non-hydrogen) atoms. The molecule has 4 heteroatoms. The summed E-state index contributed by atoms with van der Waals surface area (Å²) in [5, 5.41) is 27.1. The largest absolute Gasteiger partial charge is 0.497 e. The minimum absolute atomic E-state index is 0.223. The molecule has 0 heterocycles. The molecular formula is C43H36O4. The van der Waals surface area contributed by atoms with Crippen molar-refractivity contribution in [2.75, 3.05) is 14.2 Å². The maximum atomic E-state index is 13.5. The Morgan fingerprint density at radius 3 is 1.04 bits per heavy atom. The summed E-state index contributed by atoms with van der Waals surface area (Å²) in [5.74, 6) is 1.29. The monoisotopic (exact) mass is 616 g/mol. The zero-order chi connectivity index (χ0) is 32.7. The number of methoxy groups -OCH3 is 2. The summed E-state index contributed by atoms with van der Waals surface area (Å²) in [7, 11) is 3.21. The van der Waals surface area contributed by atoms with Gasteiger partial charge >= 0.3 is 0 Å². The molecular weight excluding hydrogens is 580 g/mol. The molecule has 2 unspecified atom stereocenters. The summed E-state index contributed by atoms with van der Waals surface area (Å²) in [6.07, 6.45) is 0. The van der Waals surface area contributed by atoms with E-state index in [4.69, 9.17) is 9.47 Å². The molecule has 0 amide bonds. The first-order valence-corrected chi connectivity index (χ1v) is 15.5. The topological polar surface area (TPSA) is 58.9 Å². The maximum absolute atomic E-state index is 13.5. The van der Waals surface area contributed by atoms with E-state index in [0.717, 1.165) is 11.1 Å². The molecule has 0 fully saturated rings. The van der Waals surface area contributed by atoms with Crippen LogP contribution in [0.15, 0.2) is 181 Å². The molecule has 0 aromatic heterocycles. The summed E-state index contributed by atoms with van der Waals surface area (Å²) < 4.78 is 11.0. The van der Waals surface area contributed by atoms with E-state index in [2.05, 4.69) is 5.73 Å². The smallest absolute Gasteiger partial charge is 0.147 e. The Morgan fingerprint density at radius 1 is 0.426 bits per heavy atom. The lowest BCUT2D eigenvalue weighted by molar-refractivity contribution is 0.0411. The second-order valence-electron chi connectivity index (χ2n) is 11.2. The molecule has 0 spiro atoms. The molecule has 0 aliphatic rings. The molecule has 232 valence electrons. The third-order valence-corrected chi connectivity index (χ3v) is 8.50. The van der Waals surface area contributed by atoms with Crippen LogP contribution in [-0.2, 0) is 11.2 Å². The molecule has 6 rings (SSSR count). The van der Waals surface area contributed by atoms with Crippen LogP contribution in [0.25, 0.3) is 5.57 Å². The van der Waals surface area contributed by atoms with Crippen LogP contribution in [-0.4, -0.2) is 24.4 Å². The zero-order valence-corrected chi connectivity index (χ0v) is 26.4. The minimum Gasteiger partial charge on any atom is -0.497 e. The Morgan fingerprint density at radius 2 is 0.723 bits per heavy atom. The molecule has 0 aliphatic carbocycles. The van der Waals surface area contributed by atoms with E-state index in [1.165, 1.54) is 0 Å². The number of hydrogen-bond acceptors (Lipinski definition) is 4. The highest BCUT2D eigenvalue weighted by atomic mass is 16.5. The minimum atomic E-state index is -1.88. The fourth-order valence-electron chi connectivity index (χ4n) is 6.02. The van der Waals surface area contributed by atoms with Gasteiger partial charge in [0.1, 0.15) is 22.7 Å². The second-order valence-corrected chi connectivity index (χ2v) is 11.2. The van der Waals surface area contributed by atoms with Gasteiger partial charge in [0, 0.05) is 5.57 Å². The first-order valence-electron chi connectivity index (χ1n) is 15.5. The van der Waals surface area contributed by atoms with Gasteiger partial charge in [-0.2, -0.15) is 0 Å². The van der Waals surface area contributed by atoms with E-state index in [-0.39, 0.29) is 5.57 Å². The number of rotatable bonds is 10. The van der Waals surface area contributed by atoms with Gasteiger partial charge in [-0.05, 0) is 57.6 Å². The first kappa shape index (κ1) is 31.3. The summed E-state index contributed by atoms with van der Waals surface area (Å²) in [4.78, 5) is 0. The Hall–Kier alpha value is -5.64. The van der Waals surface area contributed by atoms with Gasteiger partial charge < -0.3 is 19.7 Å². The van der Waals surface area contributed by atoms with Crippen LogP contribution in [0.1, 0.15) is 33.4 Å². The lowest BCUT2D eigenvalue weighted by atomic mass is 9.68. The summed E-state index contributed by atoms with van der Waals surface area (Å²) in [6, 6.07) is 53.3. The van der Waals surface area contributed by atoms with Crippen molar-refractivity contribution in [3.8, 4) is 11.5 Å². The predicted molar refractivity (Wildman–Crippen MR) is 187 cm³/mol. The molecule has 0 aliphatic heterocycles.